The van der Waals surface area contributed by atoms with Gasteiger partial charge in [0.1, 0.15) is 0 Å². The van der Waals surface area contributed by atoms with E-state index in [2.05, 4.69) is 23.3 Å². The molecule has 1 aliphatic rings. The molecular weight excluding hydrogens is 200 g/mol. The molecule has 16 heavy (non-hydrogen) atoms. The SMILES string of the molecule is Cc1cccnc1CNC1CCC(O)CC1. The predicted octanol–water partition coefficient (Wildman–Crippen LogP) is 1.78. The molecule has 1 fully saturated rings. The molecular formula is C13H20N2O. The van der Waals surface area contributed by atoms with Gasteiger partial charge in [0.05, 0.1) is 11.8 Å². The van der Waals surface area contributed by atoms with Crippen molar-refractivity contribution >= 4 is 0 Å². The van der Waals surface area contributed by atoms with E-state index < -0.39 is 0 Å². The molecule has 1 aromatic heterocycles. The molecule has 2 N–H and O–H groups in total. The molecule has 0 bridgehead atoms. The molecule has 2 rings (SSSR count). The van der Waals surface area contributed by atoms with Crippen molar-refractivity contribution in [1.29, 1.82) is 0 Å². The summed E-state index contributed by atoms with van der Waals surface area (Å²) in [6.45, 7) is 2.93. The zero-order valence-corrected chi connectivity index (χ0v) is 9.82. The summed E-state index contributed by atoms with van der Waals surface area (Å²) in [7, 11) is 0. The summed E-state index contributed by atoms with van der Waals surface area (Å²) in [5.41, 5.74) is 2.37. The number of aromatic nitrogens is 1. The number of rotatable bonds is 3. The van der Waals surface area contributed by atoms with Crippen LogP contribution in [0.25, 0.3) is 0 Å². The second-order valence-corrected chi connectivity index (χ2v) is 4.65. The third-order valence-electron chi connectivity index (χ3n) is 3.37. The third-order valence-corrected chi connectivity index (χ3v) is 3.37. The first-order chi connectivity index (χ1) is 7.75. The zero-order valence-electron chi connectivity index (χ0n) is 9.82. The van der Waals surface area contributed by atoms with E-state index in [1.54, 1.807) is 0 Å². The first-order valence-electron chi connectivity index (χ1n) is 6.07. The van der Waals surface area contributed by atoms with E-state index in [-0.39, 0.29) is 6.10 Å². The Balaban J connectivity index is 1.81. The summed E-state index contributed by atoms with van der Waals surface area (Å²) >= 11 is 0. The number of aryl methyl sites for hydroxylation is 1. The van der Waals surface area contributed by atoms with Crippen LogP contribution in [0.15, 0.2) is 18.3 Å². The van der Waals surface area contributed by atoms with Crippen LogP contribution in [0.2, 0.25) is 0 Å². The summed E-state index contributed by atoms with van der Waals surface area (Å²) in [5.74, 6) is 0. The van der Waals surface area contributed by atoms with Crippen LogP contribution >= 0.6 is 0 Å². The van der Waals surface area contributed by atoms with Gasteiger partial charge in [0.25, 0.3) is 0 Å². The topological polar surface area (TPSA) is 45.2 Å². The van der Waals surface area contributed by atoms with Crippen LogP contribution in [0, 0.1) is 6.92 Å². The maximum absolute atomic E-state index is 9.42. The lowest BCUT2D eigenvalue weighted by Gasteiger charge is -2.26. The zero-order chi connectivity index (χ0) is 11.4. The van der Waals surface area contributed by atoms with E-state index in [1.165, 1.54) is 5.56 Å². The smallest absolute Gasteiger partial charge is 0.0570 e. The van der Waals surface area contributed by atoms with Crippen LogP contribution in [0.4, 0.5) is 0 Å². The van der Waals surface area contributed by atoms with Gasteiger partial charge in [0, 0.05) is 18.8 Å². The Morgan fingerprint density at radius 1 is 1.38 bits per heavy atom. The fourth-order valence-corrected chi connectivity index (χ4v) is 2.22. The fourth-order valence-electron chi connectivity index (χ4n) is 2.22. The summed E-state index contributed by atoms with van der Waals surface area (Å²) in [5, 5.41) is 12.9. The quantitative estimate of drug-likeness (QED) is 0.816. The Kier molecular flexibility index (Phi) is 3.91. The van der Waals surface area contributed by atoms with E-state index >= 15 is 0 Å². The van der Waals surface area contributed by atoms with Gasteiger partial charge in [-0.2, -0.15) is 0 Å². The van der Waals surface area contributed by atoms with Gasteiger partial charge in [-0.15, -0.1) is 0 Å². The number of nitrogens with zero attached hydrogens (tertiary/aromatic N) is 1. The highest BCUT2D eigenvalue weighted by Gasteiger charge is 2.18. The van der Waals surface area contributed by atoms with Crippen molar-refractivity contribution in [3.63, 3.8) is 0 Å². The van der Waals surface area contributed by atoms with E-state index in [4.69, 9.17) is 0 Å². The van der Waals surface area contributed by atoms with Crippen molar-refractivity contribution in [2.75, 3.05) is 0 Å². The number of hydrogen-bond acceptors (Lipinski definition) is 3. The normalized spacial score (nSPS) is 25.6. The van der Waals surface area contributed by atoms with Gasteiger partial charge in [0.15, 0.2) is 0 Å². The van der Waals surface area contributed by atoms with Gasteiger partial charge in [-0.3, -0.25) is 4.98 Å². The van der Waals surface area contributed by atoms with Crippen LogP contribution < -0.4 is 5.32 Å². The average molecular weight is 220 g/mol. The van der Waals surface area contributed by atoms with Gasteiger partial charge in [0.2, 0.25) is 0 Å². The largest absolute Gasteiger partial charge is 0.393 e. The Labute approximate surface area is 96.9 Å². The standard InChI is InChI=1S/C13H20N2O/c1-10-3-2-8-14-13(10)9-15-11-4-6-12(16)7-5-11/h2-3,8,11-12,15-16H,4-7,9H2,1H3. The summed E-state index contributed by atoms with van der Waals surface area (Å²) < 4.78 is 0. The maximum atomic E-state index is 9.42. The van der Waals surface area contributed by atoms with Crippen LogP contribution in [-0.2, 0) is 6.54 Å². The van der Waals surface area contributed by atoms with Crippen molar-refractivity contribution in [2.24, 2.45) is 0 Å². The molecule has 0 amide bonds. The molecule has 0 unspecified atom stereocenters. The van der Waals surface area contributed by atoms with Crippen molar-refractivity contribution < 1.29 is 5.11 Å². The molecule has 0 radical (unpaired) electrons. The summed E-state index contributed by atoms with van der Waals surface area (Å²) in [6.07, 6.45) is 5.78. The van der Waals surface area contributed by atoms with E-state index in [0.717, 1.165) is 37.9 Å². The lowest BCUT2D eigenvalue weighted by molar-refractivity contribution is 0.116. The van der Waals surface area contributed by atoms with E-state index in [0.29, 0.717) is 6.04 Å². The minimum Gasteiger partial charge on any atom is -0.393 e. The van der Waals surface area contributed by atoms with E-state index in [9.17, 15) is 5.11 Å². The molecule has 3 nitrogen and oxygen atoms in total. The molecule has 0 spiro atoms. The second-order valence-electron chi connectivity index (χ2n) is 4.65. The van der Waals surface area contributed by atoms with Crippen molar-refractivity contribution in [2.45, 2.75) is 51.3 Å². The highest BCUT2D eigenvalue weighted by Crippen LogP contribution is 2.18. The predicted molar refractivity (Wildman–Crippen MR) is 64.1 cm³/mol. The molecule has 3 heteroatoms. The van der Waals surface area contributed by atoms with Crippen molar-refractivity contribution in [1.82, 2.24) is 10.3 Å². The molecule has 1 aliphatic carbocycles. The Morgan fingerprint density at radius 2 is 2.12 bits per heavy atom. The Morgan fingerprint density at radius 3 is 2.81 bits per heavy atom. The van der Waals surface area contributed by atoms with E-state index in [1.807, 2.05) is 12.3 Å². The molecule has 0 saturated heterocycles. The van der Waals surface area contributed by atoms with Crippen LogP contribution in [0.5, 0.6) is 0 Å². The molecule has 1 saturated carbocycles. The van der Waals surface area contributed by atoms with Crippen LogP contribution in [-0.4, -0.2) is 22.2 Å². The molecule has 1 heterocycles. The highest BCUT2D eigenvalue weighted by molar-refractivity contribution is 5.17. The summed E-state index contributed by atoms with van der Waals surface area (Å²) in [4.78, 5) is 4.37. The number of aliphatic hydroxyl groups is 1. The van der Waals surface area contributed by atoms with Gasteiger partial charge in [-0.25, -0.2) is 0 Å². The molecule has 0 atom stereocenters. The lowest BCUT2D eigenvalue weighted by atomic mass is 9.93. The first kappa shape index (κ1) is 11.6. The highest BCUT2D eigenvalue weighted by atomic mass is 16.3. The Bertz CT molecular complexity index is 332. The lowest BCUT2D eigenvalue weighted by Crippen LogP contribution is -2.34. The van der Waals surface area contributed by atoms with Gasteiger partial charge in [-0.05, 0) is 44.2 Å². The van der Waals surface area contributed by atoms with Crippen LogP contribution in [0.3, 0.4) is 0 Å². The second kappa shape index (κ2) is 5.41. The monoisotopic (exact) mass is 220 g/mol. The number of hydrogen-bond donors (Lipinski definition) is 2. The van der Waals surface area contributed by atoms with Gasteiger partial charge < -0.3 is 10.4 Å². The van der Waals surface area contributed by atoms with Crippen molar-refractivity contribution in [3.8, 4) is 0 Å². The minimum absolute atomic E-state index is 0.0744. The fraction of sp³-hybridized carbons (Fsp3) is 0.615. The third kappa shape index (κ3) is 3.03. The minimum atomic E-state index is -0.0744. The average Bonchev–Trinajstić information content (AvgIpc) is 2.30. The number of nitrogens with one attached hydrogen (secondary N) is 1. The number of pyridine rings is 1. The number of aliphatic hydroxyl groups excluding tert-OH is 1. The first-order valence-corrected chi connectivity index (χ1v) is 6.07. The summed E-state index contributed by atoms with van der Waals surface area (Å²) in [6, 6.07) is 4.61. The van der Waals surface area contributed by atoms with Crippen molar-refractivity contribution in [3.05, 3.63) is 29.6 Å². The maximum Gasteiger partial charge on any atom is 0.0570 e. The van der Waals surface area contributed by atoms with Crippen LogP contribution in [0.1, 0.15) is 36.9 Å². The molecule has 88 valence electrons. The Hall–Kier alpha value is -0.930. The van der Waals surface area contributed by atoms with Gasteiger partial charge in [-0.1, -0.05) is 6.07 Å². The molecule has 0 aliphatic heterocycles. The molecule has 1 aromatic rings. The van der Waals surface area contributed by atoms with Gasteiger partial charge >= 0.3 is 0 Å². The molecule has 0 aromatic carbocycles.